The Morgan fingerprint density at radius 1 is 1.17 bits per heavy atom. The van der Waals surface area contributed by atoms with Crippen molar-refractivity contribution < 1.29 is 27.7 Å². The Bertz CT molecular complexity index is 606. The second-order valence-corrected chi connectivity index (χ2v) is 6.97. The van der Waals surface area contributed by atoms with Crippen molar-refractivity contribution in [1.29, 1.82) is 0 Å². The summed E-state index contributed by atoms with van der Waals surface area (Å²) in [6, 6.07) is 7.19. The van der Waals surface area contributed by atoms with E-state index in [4.69, 9.17) is 18.3 Å². The van der Waals surface area contributed by atoms with Crippen molar-refractivity contribution in [2.24, 2.45) is 0 Å². The van der Waals surface area contributed by atoms with Gasteiger partial charge in [0.15, 0.2) is 0 Å². The Morgan fingerprint density at radius 3 is 2.38 bits per heavy atom. The van der Waals surface area contributed by atoms with Gasteiger partial charge >= 0.3 is 13.8 Å². The molecule has 0 saturated carbocycles. The number of rotatable bonds is 10. The van der Waals surface area contributed by atoms with Gasteiger partial charge in [0.2, 0.25) is 0 Å². The second-order valence-electron chi connectivity index (χ2n) is 4.46. The Kier molecular flexibility index (Phi) is 9.29. The average Bonchev–Trinajstić information content (AvgIpc) is 2.52. The molecule has 0 fully saturated rings. The van der Waals surface area contributed by atoms with E-state index in [-0.39, 0.29) is 32.0 Å². The molecule has 0 unspecified atom stereocenters. The molecule has 0 atom stereocenters. The van der Waals surface area contributed by atoms with Gasteiger partial charge in [0, 0.05) is 10.0 Å². The molecule has 0 spiro atoms. The summed E-state index contributed by atoms with van der Waals surface area (Å²) < 4.78 is 34.2. The van der Waals surface area contributed by atoms with Gasteiger partial charge in [-0.15, -0.1) is 0 Å². The number of benzene rings is 1. The van der Waals surface area contributed by atoms with Crippen molar-refractivity contribution in [2.45, 2.75) is 27.2 Å². The molecule has 134 valence electrons. The van der Waals surface area contributed by atoms with E-state index in [9.17, 15) is 9.36 Å². The van der Waals surface area contributed by atoms with Crippen LogP contribution in [0.5, 0.6) is 0 Å². The van der Waals surface area contributed by atoms with Crippen LogP contribution in [0.3, 0.4) is 0 Å². The van der Waals surface area contributed by atoms with Crippen molar-refractivity contribution in [2.75, 3.05) is 19.8 Å². The zero-order valence-electron chi connectivity index (χ0n) is 14.0. The van der Waals surface area contributed by atoms with Crippen LogP contribution in [0.4, 0.5) is 0 Å². The van der Waals surface area contributed by atoms with Crippen LogP contribution in [0.25, 0.3) is 5.76 Å². The number of phosphoric acid groups is 1. The highest BCUT2D eigenvalue weighted by Crippen LogP contribution is 2.52. The summed E-state index contributed by atoms with van der Waals surface area (Å²) in [4.78, 5) is 11.6. The van der Waals surface area contributed by atoms with E-state index in [1.807, 2.05) is 6.07 Å². The number of carbonyl (C=O) groups is 1. The smallest absolute Gasteiger partial charge is 0.466 e. The first-order valence-corrected chi connectivity index (χ1v) is 9.89. The molecule has 6 nitrogen and oxygen atoms in total. The maximum absolute atomic E-state index is 12.6. The maximum atomic E-state index is 12.6. The van der Waals surface area contributed by atoms with Crippen molar-refractivity contribution >= 4 is 35.5 Å². The number of halogens is 1. The first-order chi connectivity index (χ1) is 11.4. The van der Waals surface area contributed by atoms with Crippen LogP contribution in [0, 0.1) is 0 Å². The third kappa shape index (κ3) is 7.18. The molecule has 0 aliphatic carbocycles. The molecule has 0 aliphatic rings. The van der Waals surface area contributed by atoms with Crippen molar-refractivity contribution in [3.8, 4) is 0 Å². The standard InChI is InChI=1S/C16H22BrO6P/c1-4-20-16(18)11-10-15(13-8-7-9-14(17)12-13)23-24(19,21-5-2)22-6-3/h7-10,12H,4-6,11H2,1-3H3/b15-10-. The quantitative estimate of drug-likeness (QED) is 0.303. The topological polar surface area (TPSA) is 71.1 Å². The van der Waals surface area contributed by atoms with Crippen LogP contribution >= 0.6 is 23.8 Å². The predicted molar refractivity (Wildman–Crippen MR) is 95.3 cm³/mol. The van der Waals surface area contributed by atoms with Crippen LogP contribution in [0.1, 0.15) is 32.8 Å². The van der Waals surface area contributed by atoms with Crippen LogP contribution in [0.2, 0.25) is 0 Å². The second kappa shape index (κ2) is 10.7. The average molecular weight is 421 g/mol. The Labute approximate surface area is 150 Å². The van der Waals surface area contributed by atoms with E-state index in [1.165, 1.54) is 6.08 Å². The highest BCUT2D eigenvalue weighted by Gasteiger charge is 2.29. The minimum absolute atomic E-state index is 0.0199. The number of phosphoric ester groups is 1. The van der Waals surface area contributed by atoms with Gasteiger partial charge in [-0.2, -0.15) is 0 Å². The van der Waals surface area contributed by atoms with Crippen molar-refractivity contribution in [3.05, 3.63) is 40.4 Å². The van der Waals surface area contributed by atoms with Crippen molar-refractivity contribution in [1.82, 2.24) is 0 Å². The lowest BCUT2D eigenvalue weighted by atomic mass is 10.1. The molecular weight excluding hydrogens is 399 g/mol. The van der Waals surface area contributed by atoms with E-state index < -0.39 is 13.8 Å². The molecular formula is C16H22BrO6P. The summed E-state index contributed by atoms with van der Waals surface area (Å²) in [5, 5.41) is 0. The highest BCUT2D eigenvalue weighted by molar-refractivity contribution is 9.10. The first kappa shape index (κ1) is 20.9. The van der Waals surface area contributed by atoms with Gasteiger partial charge in [-0.05, 0) is 39.0 Å². The lowest BCUT2D eigenvalue weighted by Crippen LogP contribution is -2.04. The fraction of sp³-hybridized carbons (Fsp3) is 0.438. The molecule has 0 aromatic heterocycles. The third-order valence-electron chi connectivity index (χ3n) is 2.65. The Balaban J connectivity index is 3.10. The molecule has 24 heavy (non-hydrogen) atoms. The maximum Gasteiger partial charge on any atom is 0.530 e. The fourth-order valence-electron chi connectivity index (χ4n) is 1.77. The fourth-order valence-corrected chi connectivity index (χ4v) is 3.40. The van der Waals surface area contributed by atoms with Gasteiger partial charge in [0.05, 0.1) is 26.2 Å². The zero-order chi connectivity index (χ0) is 18.0. The van der Waals surface area contributed by atoms with E-state index in [1.54, 1.807) is 39.0 Å². The summed E-state index contributed by atoms with van der Waals surface area (Å²) in [5.41, 5.74) is 0.633. The summed E-state index contributed by atoms with van der Waals surface area (Å²) in [6.45, 7) is 5.73. The number of hydrogen-bond donors (Lipinski definition) is 0. The molecule has 0 N–H and O–H groups in total. The zero-order valence-corrected chi connectivity index (χ0v) is 16.5. The van der Waals surface area contributed by atoms with Gasteiger partial charge in [0.25, 0.3) is 0 Å². The molecule has 8 heteroatoms. The summed E-state index contributed by atoms with van der Waals surface area (Å²) >= 11 is 3.37. The van der Waals surface area contributed by atoms with E-state index in [0.717, 1.165) is 4.47 Å². The van der Waals surface area contributed by atoms with Crippen LogP contribution in [-0.4, -0.2) is 25.8 Å². The number of esters is 1. The van der Waals surface area contributed by atoms with Crippen molar-refractivity contribution in [3.63, 3.8) is 0 Å². The molecule has 1 aromatic rings. The number of ether oxygens (including phenoxy) is 1. The monoisotopic (exact) mass is 420 g/mol. The summed E-state index contributed by atoms with van der Waals surface area (Å²) in [7, 11) is -3.77. The summed E-state index contributed by atoms with van der Waals surface area (Å²) in [6.07, 6.45) is 1.48. The van der Waals surface area contributed by atoms with Crippen LogP contribution in [-0.2, 0) is 27.7 Å². The molecule has 0 saturated heterocycles. The molecule has 0 amide bonds. The van der Waals surface area contributed by atoms with Gasteiger partial charge in [0.1, 0.15) is 5.76 Å². The van der Waals surface area contributed by atoms with E-state index in [0.29, 0.717) is 5.56 Å². The number of carbonyl (C=O) groups excluding carboxylic acids is 1. The molecule has 0 aliphatic heterocycles. The van der Waals surface area contributed by atoms with Crippen LogP contribution in [0.15, 0.2) is 34.8 Å². The minimum Gasteiger partial charge on any atom is -0.466 e. The normalized spacial score (nSPS) is 12.1. The largest absolute Gasteiger partial charge is 0.530 e. The van der Waals surface area contributed by atoms with Gasteiger partial charge in [-0.3, -0.25) is 13.8 Å². The van der Waals surface area contributed by atoms with Crippen LogP contribution < -0.4 is 0 Å². The summed E-state index contributed by atoms with van der Waals surface area (Å²) in [5.74, 6) is -0.175. The molecule has 0 heterocycles. The third-order valence-corrected chi connectivity index (χ3v) is 4.72. The SMILES string of the molecule is CCOC(=O)C/C=C(\OP(=O)(OCC)OCC)c1cccc(Br)c1. The number of hydrogen-bond acceptors (Lipinski definition) is 6. The predicted octanol–water partition coefficient (Wildman–Crippen LogP) is 4.94. The lowest BCUT2D eigenvalue weighted by Gasteiger charge is -2.19. The molecule has 1 aromatic carbocycles. The molecule has 1 rings (SSSR count). The van der Waals surface area contributed by atoms with E-state index in [2.05, 4.69) is 15.9 Å². The van der Waals surface area contributed by atoms with Gasteiger partial charge in [-0.1, -0.05) is 28.1 Å². The first-order valence-electron chi connectivity index (χ1n) is 7.64. The lowest BCUT2D eigenvalue weighted by molar-refractivity contribution is -0.142. The van der Waals surface area contributed by atoms with Gasteiger partial charge < -0.3 is 9.26 Å². The minimum atomic E-state index is -3.77. The Hall–Kier alpha value is -1.14. The highest BCUT2D eigenvalue weighted by atomic mass is 79.9. The Morgan fingerprint density at radius 2 is 1.83 bits per heavy atom. The van der Waals surface area contributed by atoms with Gasteiger partial charge in [-0.25, -0.2) is 4.57 Å². The molecule has 0 bridgehead atoms. The van der Waals surface area contributed by atoms with E-state index >= 15 is 0 Å². The molecule has 0 radical (unpaired) electrons.